The molecule has 0 spiro atoms. The third-order valence-corrected chi connectivity index (χ3v) is 7.58. The number of hydrogen-bond donors (Lipinski definition) is 1. The summed E-state index contributed by atoms with van der Waals surface area (Å²) in [6.45, 7) is 3.85. The minimum atomic E-state index is -1.26. The second-order valence-corrected chi connectivity index (χ2v) is 10.6. The molecule has 1 N–H and O–H groups in total. The molecule has 3 aliphatic heterocycles. The summed E-state index contributed by atoms with van der Waals surface area (Å²) in [4.78, 5) is 35.7. The van der Waals surface area contributed by atoms with Crippen molar-refractivity contribution in [2.75, 3.05) is 20.3 Å². The Morgan fingerprint density at radius 2 is 1.78 bits per heavy atom. The summed E-state index contributed by atoms with van der Waals surface area (Å²) in [7, 11) is 1.51. The molecule has 0 radical (unpaired) electrons. The molecule has 12 nitrogen and oxygen atoms in total. The summed E-state index contributed by atoms with van der Waals surface area (Å²) in [5, 5.41) is 9.51. The van der Waals surface area contributed by atoms with Crippen molar-refractivity contribution >= 4 is 17.9 Å². The van der Waals surface area contributed by atoms with Crippen LogP contribution in [0.25, 0.3) is 0 Å². The van der Waals surface area contributed by atoms with Crippen molar-refractivity contribution in [1.82, 2.24) is 0 Å². The third kappa shape index (κ3) is 7.62. The number of esters is 3. The number of hydrogen-bond acceptors (Lipinski definition) is 12. The van der Waals surface area contributed by atoms with Crippen molar-refractivity contribution in [3.63, 3.8) is 0 Å². The van der Waals surface area contributed by atoms with E-state index in [2.05, 4.69) is 0 Å². The molecule has 0 aliphatic carbocycles. The average Bonchev–Trinajstić information content (AvgIpc) is 3.27. The Bertz CT molecular complexity index is 1030. The molecule has 3 saturated heterocycles. The van der Waals surface area contributed by atoms with E-state index in [1.54, 1.807) is 0 Å². The summed E-state index contributed by atoms with van der Waals surface area (Å²) in [5.74, 6) is -2.85. The molecule has 228 valence electrons. The Morgan fingerprint density at radius 1 is 1.02 bits per heavy atom. The van der Waals surface area contributed by atoms with Crippen molar-refractivity contribution in [3.8, 4) is 0 Å². The van der Waals surface area contributed by atoms with Crippen LogP contribution in [0.5, 0.6) is 0 Å². The normalized spacial score (nSPS) is 33.2. The molecule has 1 aromatic carbocycles. The maximum atomic E-state index is 12.3. The van der Waals surface area contributed by atoms with E-state index in [-0.39, 0.29) is 32.3 Å². The zero-order chi connectivity index (χ0) is 29.6. The second kappa shape index (κ2) is 14.0. The van der Waals surface area contributed by atoms with Gasteiger partial charge in [0.25, 0.3) is 0 Å². The van der Waals surface area contributed by atoms with E-state index in [4.69, 9.17) is 37.9 Å². The van der Waals surface area contributed by atoms with Gasteiger partial charge in [-0.25, -0.2) is 0 Å². The van der Waals surface area contributed by atoms with Crippen molar-refractivity contribution in [2.24, 2.45) is 0 Å². The van der Waals surface area contributed by atoms with Crippen LogP contribution in [0.3, 0.4) is 0 Å². The lowest BCUT2D eigenvalue weighted by molar-refractivity contribution is -0.383. The van der Waals surface area contributed by atoms with Crippen LogP contribution in [0.2, 0.25) is 0 Å². The van der Waals surface area contributed by atoms with Gasteiger partial charge >= 0.3 is 17.9 Å². The predicted octanol–water partition coefficient (Wildman–Crippen LogP) is 1.83. The molecule has 0 saturated carbocycles. The van der Waals surface area contributed by atoms with E-state index < -0.39 is 66.4 Å². The third-order valence-electron chi connectivity index (χ3n) is 7.58. The number of aliphatic hydroxyl groups is 1. The van der Waals surface area contributed by atoms with E-state index >= 15 is 0 Å². The van der Waals surface area contributed by atoms with Crippen LogP contribution in [0.4, 0.5) is 0 Å². The predicted molar refractivity (Wildman–Crippen MR) is 140 cm³/mol. The fraction of sp³-hybridized carbons (Fsp3) is 0.690. The van der Waals surface area contributed by atoms with Crippen LogP contribution in [-0.2, 0) is 58.9 Å². The van der Waals surface area contributed by atoms with Crippen LogP contribution in [0.15, 0.2) is 30.3 Å². The number of carbonyl (C=O) groups excluding carboxylic acids is 3. The van der Waals surface area contributed by atoms with E-state index in [0.29, 0.717) is 19.3 Å². The summed E-state index contributed by atoms with van der Waals surface area (Å²) in [6, 6.07) is 9.57. The van der Waals surface area contributed by atoms with Crippen LogP contribution in [-0.4, -0.2) is 98.0 Å². The highest BCUT2D eigenvalue weighted by atomic mass is 16.8. The Morgan fingerprint density at radius 3 is 2.41 bits per heavy atom. The fourth-order valence-corrected chi connectivity index (χ4v) is 5.85. The molecule has 3 fully saturated rings. The van der Waals surface area contributed by atoms with Gasteiger partial charge in [-0.05, 0) is 18.4 Å². The monoisotopic (exact) mass is 580 g/mol. The summed E-state index contributed by atoms with van der Waals surface area (Å²) in [6.07, 6.45) is -4.28. The molecule has 3 aliphatic rings. The van der Waals surface area contributed by atoms with Crippen LogP contribution in [0.1, 0.15) is 52.0 Å². The number of aliphatic hydroxyl groups excluding tert-OH is 1. The highest BCUT2D eigenvalue weighted by Gasteiger charge is 2.65. The quantitative estimate of drug-likeness (QED) is 0.284. The molecule has 41 heavy (non-hydrogen) atoms. The number of methoxy groups -OCH3 is 1. The molecule has 12 heteroatoms. The Kier molecular flexibility index (Phi) is 10.7. The van der Waals surface area contributed by atoms with Gasteiger partial charge in [-0.3, -0.25) is 14.4 Å². The lowest BCUT2D eigenvalue weighted by Crippen LogP contribution is -2.69. The van der Waals surface area contributed by atoms with Crippen molar-refractivity contribution in [1.29, 1.82) is 0 Å². The van der Waals surface area contributed by atoms with Gasteiger partial charge in [0.15, 0.2) is 18.0 Å². The first-order valence-corrected chi connectivity index (χ1v) is 13.9. The first-order chi connectivity index (χ1) is 19.7. The molecular formula is C29H40O12. The second-order valence-electron chi connectivity index (χ2n) is 10.6. The maximum Gasteiger partial charge on any atom is 0.303 e. The summed E-state index contributed by atoms with van der Waals surface area (Å²) >= 11 is 0. The molecule has 0 amide bonds. The number of rotatable bonds is 12. The summed E-state index contributed by atoms with van der Waals surface area (Å²) in [5.41, 5.74) is 0.922. The Hall–Kier alpha value is -2.61. The molecule has 1 aromatic rings. The molecule has 4 unspecified atom stereocenters. The van der Waals surface area contributed by atoms with Crippen LogP contribution in [0, 0.1) is 0 Å². The van der Waals surface area contributed by atoms with Gasteiger partial charge in [-0.1, -0.05) is 30.3 Å². The minimum Gasteiger partial charge on any atom is -0.462 e. The van der Waals surface area contributed by atoms with Crippen molar-refractivity contribution < 1.29 is 57.4 Å². The number of fused-ring (bicyclic) bond motifs is 2. The zero-order valence-corrected chi connectivity index (χ0v) is 23.9. The number of carbonyl (C=O) groups is 3. The van der Waals surface area contributed by atoms with Crippen LogP contribution >= 0.6 is 0 Å². The van der Waals surface area contributed by atoms with Gasteiger partial charge in [-0.15, -0.1) is 0 Å². The fourth-order valence-electron chi connectivity index (χ4n) is 5.85. The van der Waals surface area contributed by atoms with Gasteiger partial charge in [0.2, 0.25) is 0 Å². The van der Waals surface area contributed by atoms with E-state index in [1.807, 2.05) is 30.3 Å². The van der Waals surface area contributed by atoms with Crippen molar-refractivity contribution in [2.45, 2.75) is 108 Å². The van der Waals surface area contributed by atoms with Gasteiger partial charge in [0.05, 0.1) is 18.8 Å². The van der Waals surface area contributed by atoms with E-state index in [9.17, 15) is 19.5 Å². The SMILES string of the molecule is COC12CCC(CCO)O[C@@H]1[C@@H](OC(C)=O)[C@@H]1OC(CC(COC(C)=O)OC(C)=O)[C@H](OCc3ccccc3)[C@@H]1O2. The number of ether oxygens (including phenoxy) is 8. The number of benzene rings is 1. The molecule has 4 rings (SSSR count). The van der Waals surface area contributed by atoms with Crippen LogP contribution < -0.4 is 0 Å². The maximum absolute atomic E-state index is 12.3. The Balaban J connectivity index is 1.66. The van der Waals surface area contributed by atoms with Crippen molar-refractivity contribution in [3.05, 3.63) is 35.9 Å². The minimum absolute atomic E-state index is 0.0592. The topological polar surface area (TPSA) is 145 Å². The first kappa shape index (κ1) is 31.3. The van der Waals surface area contributed by atoms with Gasteiger partial charge in [-0.2, -0.15) is 0 Å². The molecular weight excluding hydrogens is 540 g/mol. The van der Waals surface area contributed by atoms with E-state index in [1.165, 1.54) is 27.9 Å². The molecule has 0 bridgehead atoms. The summed E-state index contributed by atoms with van der Waals surface area (Å²) < 4.78 is 48.2. The average molecular weight is 581 g/mol. The largest absolute Gasteiger partial charge is 0.462 e. The molecule has 9 atom stereocenters. The first-order valence-electron chi connectivity index (χ1n) is 13.9. The standard InChI is InChI=1S/C29H40O12/c1-17(31)35-16-22(37-18(2)32)14-23-24(36-15-20-8-6-5-7-9-20)26-25(40-23)27(38-19(3)33)28-29(34-4,41-26)12-10-21(39-28)11-13-30/h5-9,21-28,30H,10-16H2,1-4H3/t21?,22?,23?,24-,25+,26-,27-,28+,29?/m0/s1. The van der Waals surface area contributed by atoms with E-state index in [0.717, 1.165) is 5.56 Å². The van der Waals surface area contributed by atoms with Gasteiger partial charge < -0.3 is 43.0 Å². The lowest BCUT2D eigenvalue weighted by atomic mass is 9.84. The van der Waals surface area contributed by atoms with Gasteiger partial charge in [0.1, 0.15) is 31.0 Å². The molecule has 3 heterocycles. The highest BCUT2D eigenvalue weighted by molar-refractivity contribution is 5.67. The van der Waals surface area contributed by atoms with Gasteiger partial charge in [0, 0.05) is 47.3 Å². The lowest BCUT2D eigenvalue weighted by Gasteiger charge is -2.53. The Labute approximate surface area is 239 Å². The zero-order valence-electron chi connectivity index (χ0n) is 23.9. The molecule has 0 aromatic heterocycles. The highest BCUT2D eigenvalue weighted by Crippen LogP contribution is 2.48. The smallest absolute Gasteiger partial charge is 0.303 e.